The minimum Gasteiger partial charge on any atom is -0.354 e. The molecule has 1 N–H and O–H groups in total. The number of nitrogens with one attached hydrogen (secondary N) is 1. The highest BCUT2D eigenvalue weighted by molar-refractivity contribution is 7.80. The summed E-state index contributed by atoms with van der Waals surface area (Å²) in [6.07, 6.45) is 0. The van der Waals surface area contributed by atoms with Gasteiger partial charge in [0.15, 0.2) is 0 Å². The maximum Gasteiger partial charge on any atom is 0.0521 e. The maximum atomic E-state index is 5.86. The van der Waals surface area contributed by atoms with E-state index in [0.717, 1.165) is 21.2 Å². The summed E-state index contributed by atoms with van der Waals surface area (Å²) in [7, 11) is 0. The van der Waals surface area contributed by atoms with Gasteiger partial charge in [-0.15, -0.1) is 25.3 Å². The standard InChI is InChI=1S/C12H9Cl2NS2/c13-7-1-3-9(11(16)5-7)15-10-4-2-8(14)6-12(10)17/h1-6,15-17H. The molecule has 0 heterocycles. The van der Waals surface area contributed by atoms with Crippen molar-refractivity contribution in [1.29, 1.82) is 0 Å². The summed E-state index contributed by atoms with van der Waals surface area (Å²) in [6.45, 7) is 0. The van der Waals surface area contributed by atoms with E-state index < -0.39 is 0 Å². The Bertz CT molecular complexity index is 509. The van der Waals surface area contributed by atoms with Gasteiger partial charge >= 0.3 is 0 Å². The molecule has 88 valence electrons. The number of anilines is 2. The Kier molecular flexibility index (Phi) is 4.15. The summed E-state index contributed by atoms with van der Waals surface area (Å²) in [4.78, 5) is 1.56. The first-order valence-corrected chi connectivity index (χ1v) is 6.45. The molecule has 0 aliphatic carbocycles. The van der Waals surface area contributed by atoms with Gasteiger partial charge in [-0.05, 0) is 36.4 Å². The van der Waals surface area contributed by atoms with Crippen LogP contribution in [0.5, 0.6) is 0 Å². The van der Waals surface area contributed by atoms with Gasteiger partial charge in [-0.25, -0.2) is 0 Å². The van der Waals surface area contributed by atoms with Gasteiger partial charge in [0.2, 0.25) is 0 Å². The third-order valence-corrected chi connectivity index (χ3v) is 3.40. The largest absolute Gasteiger partial charge is 0.354 e. The van der Waals surface area contributed by atoms with Crippen LogP contribution in [0.2, 0.25) is 10.0 Å². The Balaban J connectivity index is 2.31. The molecule has 0 unspecified atom stereocenters. The van der Waals surface area contributed by atoms with E-state index in [1.807, 2.05) is 12.1 Å². The van der Waals surface area contributed by atoms with Crippen molar-refractivity contribution >= 4 is 59.8 Å². The monoisotopic (exact) mass is 301 g/mol. The smallest absolute Gasteiger partial charge is 0.0521 e. The van der Waals surface area contributed by atoms with Gasteiger partial charge in [-0.3, -0.25) is 0 Å². The summed E-state index contributed by atoms with van der Waals surface area (Å²) in [5, 5.41) is 4.54. The van der Waals surface area contributed by atoms with Crippen molar-refractivity contribution in [2.24, 2.45) is 0 Å². The Morgan fingerprint density at radius 3 is 1.53 bits per heavy atom. The second-order valence-electron chi connectivity index (χ2n) is 3.45. The van der Waals surface area contributed by atoms with Crippen LogP contribution in [0.4, 0.5) is 11.4 Å². The quantitative estimate of drug-likeness (QED) is 0.638. The molecule has 0 atom stereocenters. The number of rotatable bonds is 2. The third-order valence-electron chi connectivity index (χ3n) is 2.19. The highest BCUT2D eigenvalue weighted by Gasteiger charge is 2.03. The topological polar surface area (TPSA) is 12.0 Å². The van der Waals surface area contributed by atoms with Crippen molar-refractivity contribution < 1.29 is 0 Å². The van der Waals surface area contributed by atoms with Crippen molar-refractivity contribution in [2.75, 3.05) is 5.32 Å². The van der Waals surface area contributed by atoms with Crippen molar-refractivity contribution in [3.05, 3.63) is 46.4 Å². The zero-order chi connectivity index (χ0) is 12.4. The summed E-state index contributed by atoms with van der Waals surface area (Å²) < 4.78 is 0. The molecule has 2 rings (SSSR count). The second kappa shape index (κ2) is 5.44. The van der Waals surface area contributed by atoms with Crippen LogP contribution in [0, 0.1) is 0 Å². The van der Waals surface area contributed by atoms with Crippen LogP contribution >= 0.6 is 48.5 Å². The van der Waals surface area contributed by atoms with E-state index in [2.05, 4.69) is 30.6 Å². The number of hydrogen-bond donors (Lipinski definition) is 3. The minimum atomic E-state index is 0.655. The fourth-order valence-electron chi connectivity index (χ4n) is 1.37. The fraction of sp³-hybridized carbons (Fsp3) is 0. The van der Waals surface area contributed by atoms with Crippen LogP contribution in [0.25, 0.3) is 0 Å². The molecule has 0 aliphatic rings. The van der Waals surface area contributed by atoms with E-state index in [4.69, 9.17) is 23.2 Å². The van der Waals surface area contributed by atoms with Crippen LogP contribution in [0.3, 0.4) is 0 Å². The molecule has 0 aromatic heterocycles. The molecular formula is C12H9Cl2NS2. The molecule has 5 heteroatoms. The third kappa shape index (κ3) is 3.26. The predicted octanol–water partition coefficient (Wildman–Crippen LogP) is 5.31. The number of thiol groups is 2. The molecule has 0 saturated heterocycles. The first-order valence-electron chi connectivity index (χ1n) is 4.80. The molecular weight excluding hydrogens is 293 g/mol. The minimum absolute atomic E-state index is 0.655. The van der Waals surface area contributed by atoms with Crippen LogP contribution in [-0.2, 0) is 0 Å². The Hall–Kier alpha value is -0.480. The fourth-order valence-corrected chi connectivity index (χ4v) is 2.40. The van der Waals surface area contributed by atoms with E-state index in [-0.39, 0.29) is 0 Å². The number of halogens is 2. The van der Waals surface area contributed by atoms with E-state index in [0.29, 0.717) is 10.0 Å². The maximum absolute atomic E-state index is 5.86. The molecule has 0 aliphatic heterocycles. The van der Waals surface area contributed by atoms with Gasteiger partial charge in [0.25, 0.3) is 0 Å². The van der Waals surface area contributed by atoms with Crippen molar-refractivity contribution in [2.45, 2.75) is 9.79 Å². The van der Waals surface area contributed by atoms with Crippen LogP contribution in [0.1, 0.15) is 0 Å². The Labute approximate surface area is 121 Å². The van der Waals surface area contributed by atoms with Gasteiger partial charge in [0.1, 0.15) is 0 Å². The van der Waals surface area contributed by atoms with Gasteiger partial charge in [0.05, 0.1) is 11.4 Å². The molecule has 0 saturated carbocycles. The Morgan fingerprint density at radius 1 is 0.765 bits per heavy atom. The SMILES string of the molecule is Sc1cc(Cl)ccc1Nc1ccc(Cl)cc1S. The average molecular weight is 302 g/mol. The predicted molar refractivity (Wildman–Crippen MR) is 80.7 cm³/mol. The zero-order valence-corrected chi connectivity index (χ0v) is 11.9. The molecule has 17 heavy (non-hydrogen) atoms. The summed E-state index contributed by atoms with van der Waals surface area (Å²) >= 11 is 20.4. The van der Waals surface area contributed by atoms with Crippen molar-refractivity contribution in [3.8, 4) is 0 Å². The summed E-state index contributed by atoms with van der Waals surface area (Å²) in [5.74, 6) is 0. The Morgan fingerprint density at radius 2 is 1.18 bits per heavy atom. The van der Waals surface area contributed by atoms with E-state index in [1.54, 1.807) is 24.3 Å². The second-order valence-corrected chi connectivity index (χ2v) is 5.28. The van der Waals surface area contributed by atoms with Crippen LogP contribution in [0.15, 0.2) is 46.2 Å². The average Bonchev–Trinajstić information content (AvgIpc) is 2.25. The molecule has 2 aromatic carbocycles. The van der Waals surface area contributed by atoms with Gasteiger partial charge in [0, 0.05) is 19.8 Å². The zero-order valence-electron chi connectivity index (χ0n) is 8.61. The molecule has 0 fully saturated rings. The summed E-state index contributed by atoms with van der Waals surface area (Å²) in [6, 6.07) is 10.9. The molecule has 0 bridgehead atoms. The molecule has 2 aromatic rings. The lowest BCUT2D eigenvalue weighted by atomic mass is 10.2. The van der Waals surface area contributed by atoms with Crippen molar-refractivity contribution in [3.63, 3.8) is 0 Å². The summed E-state index contributed by atoms with van der Waals surface area (Å²) in [5.41, 5.74) is 1.74. The van der Waals surface area contributed by atoms with Crippen molar-refractivity contribution in [1.82, 2.24) is 0 Å². The van der Waals surface area contributed by atoms with E-state index in [1.165, 1.54) is 0 Å². The lowest BCUT2D eigenvalue weighted by Crippen LogP contribution is -1.92. The number of benzene rings is 2. The van der Waals surface area contributed by atoms with E-state index in [9.17, 15) is 0 Å². The van der Waals surface area contributed by atoms with Crippen LogP contribution < -0.4 is 5.32 Å². The lowest BCUT2D eigenvalue weighted by Gasteiger charge is -2.11. The molecule has 1 nitrogen and oxygen atoms in total. The van der Waals surface area contributed by atoms with Gasteiger partial charge < -0.3 is 5.32 Å². The lowest BCUT2D eigenvalue weighted by molar-refractivity contribution is 1.37. The van der Waals surface area contributed by atoms with Gasteiger partial charge in [-0.2, -0.15) is 0 Å². The highest BCUT2D eigenvalue weighted by atomic mass is 35.5. The molecule has 0 radical (unpaired) electrons. The van der Waals surface area contributed by atoms with Gasteiger partial charge in [-0.1, -0.05) is 23.2 Å². The first-order chi connectivity index (χ1) is 8.06. The molecule has 0 amide bonds. The van der Waals surface area contributed by atoms with Crippen LogP contribution in [-0.4, -0.2) is 0 Å². The number of hydrogen-bond acceptors (Lipinski definition) is 3. The normalized spacial score (nSPS) is 10.4. The van der Waals surface area contributed by atoms with E-state index >= 15 is 0 Å². The first kappa shape index (κ1) is 13.0. The molecule has 0 spiro atoms. The highest BCUT2D eigenvalue weighted by Crippen LogP contribution is 2.30.